The van der Waals surface area contributed by atoms with Crippen LogP contribution in [-0.4, -0.2) is 15.7 Å². The standard InChI is InChI=1S/C18H13Cl3N2O2/c1-10-2-3-11(6-14(10)20)9-23-17(8-16(22-23)18(24)25)12-4-5-13(19)15(21)7-12/h2-8H,9H2,1H3,(H,24,25)/p-1. The maximum Gasteiger partial charge on any atom is 0.108 e. The van der Waals surface area contributed by atoms with Crippen molar-refractivity contribution < 1.29 is 9.90 Å². The molecule has 0 unspecified atom stereocenters. The smallest absolute Gasteiger partial charge is 0.108 e. The van der Waals surface area contributed by atoms with E-state index in [4.69, 9.17) is 34.8 Å². The van der Waals surface area contributed by atoms with Crippen molar-refractivity contribution in [3.05, 3.63) is 74.4 Å². The topological polar surface area (TPSA) is 58.0 Å². The molecular formula is C18H12Cl3N2O2-. The lowest BCUT2D eigenvalue weighted by atomic mass is 10.1. The highest BCUT2D eigenvalue weighted by molar-refractivity contribution is 6.42. The third-order valence-corrected chi connectivity index (χ3v) is 4.92. The van der Waals surface area contributed by atoms with Gasteiger partial charge in [0.2, 0.25) is 0 Å². The Hall–Kier alpha value is -2.01. The lowest BCUT2D eigenvalue weighted by Crippen LogP contribution is -2.23. The summed E-state index contributed by atoms with van der Waals surface area (Å²) < 4.78 is 1.58. The number of nitrogens with zero attached hydrogens (tertiary/aromatic N) is 2. The monoisotopic (exact) mass is 393 g/mol. The zero-order valence-corrected chi connectivity index (χ0v) is 15.4. The van der Waals surface area contributed by atoms with Crippen LogP contribution in [0.15, 0.2) is 42.5 Å². The minimum Gasteiger partial charge on any atom is -0.543 e. The molecule has 0 aliphatic rings. The van der Waals surface area contributed by atoms with Crippen LogP contribution in [0.1, 0.15) is 21.6 Å². The van der Waals surface area contributed by atoms with Gasteiger partial charge in [-0.05, 0) is 42.3 Å². The van der Waals surface area contributed by atoms with E-state index in [1.807, 2.05) is 25.1 Å². The summed E-state index contributed by atoms with van der Waals surface area (Å²) >= 11 is 18.2. The van der Waals surface area contributed by atoms with Crippen molar-refractivity contribution in [3.63, 3.8) is 0 Å². The van der Waals surface area contributed by atoms with Crippen molar-refractivity contribution in [2.24, 2.45) is 0 Å². The molecule has 1 aromatic heterocycles. The van der Waals surface area contributed by atoms with Crippen LogP contribution in [0.25, 0.3) is 11.3 Å². The maximum absolute atomic E-state index is 11.2. The second-order valence-corrected chi connectivity index (χ2v) is 6.79. The molecule has 0 aliphatic heterocycles. The van der Waals surface area contributed by atoms with Crippen LogP contribution in [0.3, 0.4) is 0 Å². The van der Waals surface area contributed by atoms with E-state index in [-0.39, 0.29) is 5.69 Å². The van der Waals surface area contributed by atoms with Crippen LogP contribution < -0.4 is 5.11 Å². The number of carboxylic acids is 1. The summed E-state index contributed by atoms with van der Waals surface area (Å²) in [7, 11) is 0. The average molecular weight is 395 g/mol. The number of rotatable bonds is 4. The summed E-state index contributed by atoms with van der Waals surface area (Å²) in [5.74, 6) is -1.35. The van der Waals surface area contributed by atoms with Crippen LogP contribution in [0.2, 0.25) is 15.1 Å². The number of aromatic nitrogens is 2. The number of carboxylic acid groups (broad SMARTS) is 1. The predicted octanol–water partition coefficient (Wildman–Crippen LogP) is 4.23. The van der Waals surface area contributed by atoms with Gasteiger partial charge in [-0.1, -0.05) is 53.0 Å². The van der Waals surface area contributed by atoms with Crippen molar-refractivity contribution in [2.45, 2.75) is 13.5 Å². The first-order valence-electron chi connectivity index (χ1n) is 7.35. The average Bonchev–Trinajstić information content (AvgIpc) is 2.98. The number of aryl methyl sites for hydroxylation is 1. The van der Waals surface area contributed by atoms with E-state index in [1.54, 1.807) is 22.9 Å². The van der Waals surface area contributed by atoms with Gasteiger partial charge in [-0.3, -0.25) is 4.68 Å². The highest BCUT2D eigenvalue weighted by atomic mass is 35.5. The maximum atomic E-state index is 11.2. The molecule has 3 rings (SSSR count). The molecule has 0 N–H and O–H groups in total. The zero-order valence-electron chi connectivity index (χ0n) is 13.1. The molecule has 4 nitrogen and oxygen atoms in total. The molecule has 0 radical (unpaired) electrons. The molecule has 1 heterocycles. The molecule has 3 aromatic rings. The van der Waals surface area contributed by atoms with Crippen LogP contribution >= 0.6 is 34.8 Å². The van der Waals surface area contributed by atoms with E-state index in [9.17, 15) is 9.90 Å². The van der Waals surface area contributed by atoms with Crippen molar-refractivity contribution >= 4 is 40.8 Å². The Morgan fingerprint density at radius 2 is 1.80 bits per heavy atom. The summed E-state index contributed by atoms with van der Waals surface area (Å²) in [5.41, 5.74) is 3.00. The van der Waals surface area contributed by atoms with Gasteiger partial charge < -0.3 is 9.90 Å². The second kappa shape index (κ2) is 7.08. The highest BCUT2D eigenvalue weighted by Gasteiger charge is 2.13. The Labute approximate surface area is 159 Å². The number of aromatic carboxylic acids is 1. The Kier molecular flexibility index (Phi) is 5.04. The zero-order chi connectivity index (χ0) is 18.1. The van der Waals surface area contributed by atoms with E-state index in [0.29, 0.717) is 32.9 Å². The normalized spacial score (nSPS) is 10.9. The van der Waals surface area contributed by atoms with Crippen molar-refractivity contribution in [3.8, 4) is 11.3 Å². The summed E-state index contributed by atoms with van der Waals surface area (Å²) in [6.45, 7) is 2.26. The van der Waals surface area contributed by atoms with Gasteiger partial charge in [-0.2, -0.15) is 5.10 Å². The van der Waals surface area contributed by atoms with Gasteiger partial charge in [-0.15, -0.1) is 0 Å². The summed E-state index contributed by atoms with van der Waals surface area (Å²) in [6, 6.07) is 12.2. The van der Waals surface area contributed by atoms with Gasteiger partial charge in [0.05, 0.1) is 28.3 Å². The minimum absolute atomic E-state index is 0.153. The molecule has 25 heavy (non-hydrogen) atoms. The van der Waals surface area contributed by atoms with Crippen LogP contribution in [0.5, 0.6) is 0 Å². The summed E-state index contributed by atoms with van der Waals surface area (Å²) in [6.07, 6.45) is 0. The fourth-order valence-electron chi connectivity index (χ4n) is 2.43. The molecule has 0 saturated heterocycles. The van der Waals surface area contributed by atoms with Crippen LogP contribution in [0.4, 0.5) is 0 Å². The molecule has 2 aromatic carbocycles. The molecular weight excluding hydrogens is 383 g/mol. The number of carbonyl (C=O) groups is 1. The third-order valence-electron chi connectivity index (χ3n) is 3.77. The highest BCUT2D eigenvalue weighted by Crippen LogP contribution is 2.29. The Morgan fingerprint density at radius 1 is 1.04 bits per heavy atom. The van der Waals surface area contributed by atoms with Crippen molar-refractivity contribution in [1.82, 2.24) is 9.78 Å². The number of hydrogen-bond donors (Lipinski definition) is 0. The lowest BCUT2D eigenvalue weighted by molar-refractivity contribution is -0.255. The van der Waals surface area contributed by atoms with Crippen LogP contribution in [0, 0.1) is 6.92 Å². The van der Waals surface area contributed by atoms with Gasteiger partial charge >= 0.3 is 0 Å². The molecule has 7 heteroatoms. The van der Waals surface area contributed by atoms with Crippen molar-refractivity contribution in [1.29, 1.82) is 0 Å². The van der Waals surface area contributed by atoms with Gasteiger partial charge in [0.1, 0.15) is 5.69 Å². The third kappa shape index (κ3) is 3.82. The quantitative estimate of drug-likeness (QED) is 0.665. The summed E-state index contributed by atoms with van der Waals surface area (Å²) in [5, 5.41) is 16.8. The fraction of sp³-hybridized carbons (Fsp3) is 0.111. The Bertz CT molecular complexity index is 967. The summed E-state index contributed by atoms with van der Waals surface area (Å²) in [4.78, 5) is 11.2. The first-order valence-corrected chi connectivity index (χ1v) is 8.48. The van der Waals surface area contributed by atoms with E-state index in [1.165, 1.54) is 6.07 Å². The molecule has 0 saturated carbocycles. The van der Waals surface area contributed by atoms with Gasteiger partial charge in [0.15, 0.2) is 0 Å². The van der Waals surface area contributed by atoms with E-state index < -0.39 is 5.97 Å². The number of carbonyl (C=O) groups excluding carboxylic acids is 1. The number of halogens is 3. The van der Waals surface area contributed by atoms with E-state index >= 15 is 0 Å². The molecule has 0 atom stereocenters. The van der Waals surface area contributed by atoms with Gasteiger partial charge in [0, 0.05) is 10.6 Å². The van der Waals surface area contributed by atoms with Crippen molar-refractivity contribution in [2.75, 3.05) is 0 Å². The lowest BCUT2D eigenvalue weighted by Gasteiger charge is -2.10. The minimum atomic E-state index is -1.35. The molecule has 0 amide bonds. The molecule has 0 bridgehead atoms. The number of benzene rings is 2. The second-order valence-electron chi connectivity index (χ2n) is 5.57. The number of hydrogen-bond acceptors (Lipinski definition) is 3. The van der Waals surface area contributed by atoms with Gasteiger partial charge in [-0.25, -0.2) is 0 Å². The Morgan fingerprint density at radius 3 is 2.44 bits per heavy atom. The van der Waals surface area contributed by atoms with Crippen LogP contribution in [-0.2, 0) is 6.54 Å². The van der Waals surface area contributed by atoms with E-state index in [2.05, 4.69) is 5.10 Å². The SMILES string of the molecule is Cc1ccc(Cn2nc(C(=O)[O-])cc2-c2ccc(Cl)c(Cl)c2)cc1Cl. The van der Waals surface area contributed by atoms with E-state index in [0.717, 1.165) is 11.1 Å². The molecule has 0 fully saturated rings. The first-order chi connectivity index (χ1) is 11.8. The first kappa shape index (κ1) is 17.8. The van der Waals surface area contributed by atoms with Gasteiger partial charge in [0.25, 0.3) is 0 Å². The molecule has 128 valence electrons. The molecule has 0 spiro atoms. The Balaban J connectivity index is 2.06. The largest absolute Gasteiger partial charge is 0.543 e. The predicted molar refractivity (Wildman–Crippen MR) is 97.3 cm³/mol. The molecule has 0 aliphatic carbocycles. The fourth-order valence-corrected chi connectivity index (χ4v) is 2.93.